The Hall–Kier alpha value is -3.47. The summed E-state index contributed by atoms with van der Waals surface area (Å²) in [5, 5.41) is 6.07. The van der Waals surface area contributed by atoms with E-state index in [0.717, 1.165) is 33.2 Å². The van der Waals surface area contributed by atoms with E-state index >= 15 is 0 Å². The van der Waals surface area contributed by atoms with Gasteiger partial charge in [-0.05, 0) is 35.2 Å². The van der Waals surface area contributed by atoms with E-state index in [1.807, 2.05) is 54.6 Å². The lowest BCUT2D eigenvalue weighted by Gasteiger charge is -2.10. The molecule has 1 aromatic heterocycles. The van der Waals surface area contributed by atoms with Crippen LogP contribution in [0.5, 0.6) is 11.5 Å². The second-order valence-corrected chi connectivity index (χ2v) is 5.89. The van der Waals surface area contributed by atoms with Gasteiger partial charge in [-0.1, -0.05) is 35.5 Å². The minimum atomic E-state index is 0.566. The number of anilines is 1. The summed E-state index contributed by atoms with van der Waals surface area (Å²) in [5.41, 5.74) is 9.36. The van der Waals surface area contributed by atoms with Gasteiger partial charge in [0.2, 0.25) is 0 Å². The van der Waals surface area contributed by atoms with Gasteiger partial charge in [-0.3, -0.25) is 0 Å². The summed E-state index contributed by atoms with van der Waals surface area (Å²) < 4.78 is 16.3. The Balaban J connectivity index is 1.91. The molecule has 0 saturated carbocycles. The molecule has 0 unspecified atom stereocenters. The highest BCUT2D eigenvalue weighted by atomic mass is 16.5. The number of benzene rings is 3. The fourth-order valence-electron chi connectivity index (χ4n) is 3.19. The van der Waals surface area contributed by atoms with Crippen LogP contribution in [-0.2, 0) is 0 Å². The van der Waals surface area contributed by atoms with Gasteiger partial charge in [0.1, 0.15) is 11.5 Å². The Morgan fingerprint density at radius 1 is 0.846 bits per heavy atom. The van der Waals surface area contributed by atoms with Crippen molar-refractivity contribution in [2.45, 2.75) is 0 Å². The van der Waals surface area contributed by atoms with E-state index in [4.69, 9.17) is 19.7 Å². The lowest BCUT2D eigenvalue weighted by atomic mass is 9.97. The van der Waals surface area contributed by atoms with Crippen LogP contribution >= 0.6 is 0 Å². The molecular formula is C21H18N2O3. The standard InChI is InChI=1S/C21H18N2O3/c1-24-19-10-8-16(14-5-3-4-6-15(14)19)21-17(12-23-26-21)13-7-9-20(25-2)18(22)11-13/h3-12H,22H2,1-2H3. The zero-order chi connectivity index (χ0) is 18.1. The van der Waals surface area contributed by atoms with Gasteiger partial charge < -0.3 is 19.7 Å². The molecular weight excluding hydrogens is 328 g/mol. The highest BCUT2D eigenvalue weighted by Crippen LogP contribution is 2.40. The zero-order valence-corrected chi connectivity index (χ0v) is 14.5. The van der Waals surface area contributed by atoms with Crippen molar-refractivity contribution in [2.75, 3.05) is 20.0 Å². The van der Waals surface area contributed by atoms with E-state index in [0.29, 0.717) is 17.2 Å². The molecule has 5 heteroatoms. The fourth-order valence-corrected chi connectivity index (χ4v) is 3.19. The second kappa shape index (κ2) is 6.44. The Morgan fingerprint density at radius 3 is 2.31 bits per heavy atom. The summed E-state index contributed by atoms with van der Waals surface area (Å²) in [7, 11) is 3.27. The summed E-state index contributed by atoms with van der Waals surface area (Å²) in [5.74, 6) is 2.15. The number of nitrogens with zero attached hydrogens (tertiary/aromatic N) is 1. The first kappa shape index (κ1) is 16.0. The number of ether oxygens (including phenoxy) is 2. The van der Waals surface area contributed by atoms with E-state index < -0.39 is 0 Å². The molecule has 0 fully saturated rings. The fraction of sp³-hybridized carbons (Fsp3) is 0.0952. The van der Waals surface area contributed by atoms with Gasteiger partial charge in [0.15, 0.2) is 5.76 Å². The van der Waals surface area contributed by atoms with E-state index in [1.165, 1.54) is 0 Å². The van der Waals surface area contributed by atoms with Gasteiger partial charge in [-0.25, -0.2) is 0 Å². The van der Waals surface area contributed by atoms with Crippen molar-refractivity contribution in [2.24, 2.45) is 0 Å². The number of aromatic nitrogens is 1. The van der Waals surface area contributed by atoms with Gasteiger partial charge in [0.25, 0.3) is 0 Å². The van der Waals surface area contributed by atoms with Crippen LogP contribution in [0.4, 0.5) is 5.69 Å². The van der Waals surface area contributed by atoms with Gasteiger partial charge in [0.05, 0.1) is 26.1 Å². The van der Waals surface area contributed by atoms with Crippen LogP contribution in [0.3, 0.4) is 0 Å². The van der Waals surface area contributed by atoms with Crippen LogP contribution in [0.1, 0.15) is 0 Å². The predicted molar refractivity (Wildman–Crippen MR) is 102 cm³/mol. The first-order valence-corrected chi connectivity index (χ1v) is 8.17. The topological polar surface area (TPSA) is 70.5 Å². The molecule has 0 aliphatic heterocycles. The normalized spacial score (nSPS) is 10.8. The molecule has 0 radical (unpaired) electrons. The smallest absolute Gasteiger partial charge is 0.175 e. The molecule has 0 amide bonds. The van der Waals surface area contributed by atoms with Crippen molar-refractivity contribution in [1.82, 2.24) is 5.16 Å². The Morgan fingerprint density at radius 2 is 1.58 bits per heavy atom. The molecule has 0 saturated heterocycles. The Labute approximate surface area is 150 Å². The molecule has 0 spiro atoms. The van der Waals surface area contributed by atoms with Gasteiger partial charge in [-0.15, -0.1) is 0 Å². The predicted octanol–water partition coefficient (Wildman–Crippen LogP) is 4.76. The maximum absolute atomic E-state index is 6.06. The Bertz CT molecular complexity index is 1090. The minimum Gasteiger partial charge on any atom is -0.496 e. The molecule has 4 aromatic rings. The first-order chi connectivity index (χ1) is 12.7. The van der Waals surface area contributed by atoms with Crippen molar-refractivity contribution < 1.29 is 14.0 Å². The molecule has 2 N–H and O–H groups in total. The first-order valence-electron chi connectivity index (χ1n) is 8.17. The highest BCUT2D eigenvalue weighted by molar-refractivity contribution is 6.01. The monoisotopic (exact) mass is 346 g/mol. The van der Waals surface area contributed by atoms with Gasteiger partial charge in [0, 0.05) is 16.5 Å². The summed E-state index contributed by atoms with van der Waals surface area (Å²) in [6.07, 6.45) is 1.70. The molecule has 0 atom stereocenters. The Kier molecular flexibility index (Phi) is 3.97. The molecule has 0 aliphatic carbocycles. The molecule has 1 heterocycles. The lowest BCUT2D eigenvalue weighted by molar-refractivity contribution is 0.417. The zero-order valence-electron chi connectivity index (χ0n) is 14.5. The molecule has 3 aromatic carbocycles. The van der Waals surface area contributed by atoms with Crippen LogP contribution in [-0.4, -0.2) is 19.4 Å². The number of hydrogen-bond donors (Lipinski definition) is 1. The third-order valence-corrected chi connectivity index (χ3v) is 4.46. The SMILES string of the molecule is COc1ccc(-c2cnoc2-c2ccc(OC)c3ccccc23)cc1N. The summed E-state index contributed by atoms with van der Waals surface area (Å²) >= 11 is 0. The maximum Gasteiger partial charge on any atom is 0.175 e. The lowest BCUT2D eigenvalue weighted by Crippen LogP contribution is -1.93. The number of nitrogens with two attached hydrogens (primary N) is 1. The van der Waals surface area contributed by atoms with Crippen molar-refractivity contribution in [1.29, 1.82) is 0 Å². The quantitative estimate of drug-likeness (QED) is 0.539. The third kappa shape index (κ3) is 2.54. The summed E-state index contributed by atoms with van der Waals surface area (Å²) in [6.45, 7) is 0. The third-order valence-electron chi connectivity index (χ3n) is 4.46. The molecule has 4 rings (SSSR count). The van der Waals surface area contributed by atoms with E-state index in [2.05, 4.69) is 5.16 Å². The molecule has 0 aliphatic rings. The molecule has 26 heavy (non-hydrogen) atoms. The number of rotatable bonds is 4. The van der Waals surface area contributed by atoms with Crippen LogP contribution in [0.2, 0.25) is 0 Å². The summed E-state index contributed by atoms with van der Waals surface area (Å²) in [4.78, 5) is 0. The maximum atomic E-state index is 6.06. The highest BCUT2D eigenvalue weighted by Gasteiger charge is 2.17. The van der Waals surface area contributed by atoms with Gasteiger partial charge in [-0.2, -0.15) is 0 Å². The number of fused-ring (bicyclic) bond motifs is 1. The van der Waals surface area contributed by atoms with Crippen molar-refractivity contribution in [3.63, 3.8) is 0 Å². The van der Waals surface area contributed by atoms with E-state index in [9.17, 15) is 0 Å². The van der Waals surface area contributed by atoms with E-state index in [-0.39, 0.29) is 0 Å². The molecule has 130 valence electrons. The van der Waals surface area contributed by atoms with Crippen molar-refractivity contribution >= 4 is 16.5 Å². The second-order valence-electron chi connectivity index (χ2n) is 5.89. The van der Waals surface area contributed by atoms with Crippen molar-refractivity contribution in [3.8, 4) is 33.9 Å². The van der Waals surface area contributed by atoms with Crippen LogP contribution in [0, 0.1) is 0 Å². The minimum absolute atomic E-state index is 0.566. The van der Waals surface area contributed by atoms with Crippen molar-refractivity contribution in [3.05, 3.63) is 60.8 Å². The van der Waals surface area contributed by atoms with Gasteiger partial charge >= 0.3 is 0 Å². The summed E-state index contributed by atoms with van der Waals surface area (Å²) in [6, 6.07) is 17.6. The average Bonchev–Trinajstić information content (AvgIpc) is 3.16. The number of hydrogen-bond acceptors (Lipinski definition) is 5. The van der Waals surface area contributed by atoms with Crippen LogP contribution < -0.4 is 15.2 Å². The largest absolute Gasteiger partial charge is 0.496 e. The molecule has 0 bridgehead atoms. The average molecular weight is 346 g/mol. The molecule has 5 nitrogen and oxygen atoms in total. The number of methoxy groups -OCH3 is 2. The van der Waals surface area contributed by atoms with Crippen LogP contribution in [0.15, 0.2) is 65.3 Å². The van der Waals surface area contributed by atoms with Crippen LogP contribution in [0.25, 0.3) is 33.2 Å². The number of nitrogen functional groups attached to an aromatic ring is 1. The van der Waals surface area contributed by atoms with E-state index in [1.54, 1.807) is 20.4 Å².